The van der Waals surface area contributed by atoms with Gasteiger partial charge in [0.2, 0.25) is 0 Å². The molecule has 1 N–H and O–H groups in total. The molecule has 3 heterocycles. The molecule has 0 unspecified atom stereocenters. The van der Waals surface area contributed by atoms with Crippen molar-refractivity contribution < 1.29 is 0 Å². The van der Waals surface area contributed by atoms with E-state index in [-0.39, 0.29) is 6.04 Å². The summed E-state index contributed by atoms with van der Waals surface area (Å²) < 4.78 is 0. The van der Waals surface area contributed by atoms with Gasteiger partial charge < -0.3 is 9.88 Å². The minimum atomic E-state index is 0.103. The largest absolute Gasteiger partial charge is 0.355 e. The Morgan fingerprint density at radius 2 is 1.79 bits per heavy atom. The van der Waals surface area contributed by atoms with Crippen molar-refractivity contribution in [2.75, 3.05) is 11.4 Å². The van der Waals surface area contributed by atoms with Crippen LogP contribution >= 0.6 is 0 Å². The van der Waals surface area contributed by atoms with E-state index in [1.54, 1.807) is 17.2 Å². The molecule has 2 aromatic heterocycles. The van der Waals surface area contributed by atoms with Crippen molar-refractivity contribution in [2.24, 2.45) is 0 Å². The lowest BCUT2D eigenvalue weighted by Crippen LogP contribution is -2.25. The third-order valence-electron chi connectivity index (χ3n) is 5.58. The monoisotopic (exact) mass is 384 g/mol. The fourth-order valence-electron chi connectivity index (χ4n) is 4.32. The average molecular weight is 384 g/mol. The zero-order chi connectivity index (χ0) is 20.1. The number of fused-ring (bicyclic) bond motifs is 1. The van der Waals surface area contributed by atoms with Gasteiger partial charge in [-0.25, -0.2) is 4.98 Å². The van der Waals surface area contributed by atoms with Gasteiger partial charge in [-0.3, -0.25) is 0 Å². The van der Waals surface area contributed by atoms with Crippen molar-refractivity contribution in [3.8, 4) is 5.69 Å². The Labute approximate surface area is 169 Å². The summed E-state index contributed by atoms with van der Waals surface area (Å²) >= 11 is 0. The number of anilines is 1. The molecule has 1 aliphatic heterocycles. The van der Waals surface area contributed by atoms with E-state index >= 15 is 0 Å². The summed E-state index contributed by atoms with van der Waals surface area (Å²) in [7, 11) is 0. The zero-order valence-corrected chi connectivity index (χ0v) is 17.0. The number of H-pyrrole nitrogens is 1. The van der Waals surface area contributed by atoms with Gasteiger partial charge in [0.05, 0.1) is 35.2 Å². The van der Waals surface area contributed by atoms with E-state index in [0.717, 1.165) is 41.2 Å². The molecule has 29 heavy (non-hydrogen) atoms. The molecule has 146 valence electrons. The van der Waals surface area contributed by atoms with Crippen LogP contribution in [-0.2, 0) is 0 Å². The SMILES string of the molecule is C=C1C[C@@H](c2nc3c(C)cc(C)cc3[nH]2)N(c2cc(C)ccc2-n2nccn2)C1. The van der Waals surface area contributed by atoms with Crippen LogP contribution in [-0.4, -0.2) is 31.5 Å². The van der Waals surface area contributed by atoms with Crippen LogP contribution < -0.4 is 4.90 Å². The highest BCUT2D eigenvalue weighted by atomic mass is 15.5. The summed E-state index contributed by atoms with van der Waals surface area (Å²) in [6.45, 7) is 11.4. The maximum absolute atomic E-state index is 4.98. The first kappa shape index (κ1) is 17.7. The molecular formula is C23H24N6. The molecule has 2 aromatic carbocycles. The van der Waals surface area contributed by atoms with Crippen LogP contribution in [0, 0.1) is 20.8 Å². The molecule has 1 fully saturated rings. The second-order valence-corrected chi connectivity index (χ2v) is 8.01. The summed E-state index contributed by atoms with van der Waals surface area (Å²) in [5.74, 6) is 0.980. The van der Waals surface area contributed by atoms with E-state index in [2.05, 4.69) is 77.8 Å². The van der Waals surface area contributed by atoms with Crippen LogP contribution in [0.1, 0.15) is 35.0 Å². The summed E-state index contributed by atoms with van der Waals surface area (Å²) in [5, 5.41) is 8.71. The van der Waals surface area contributed by atoms with Crippen molar-refractivity contribution in [2.45, 2.75) is 33.2 Å². The Morgan fingerprint density at radius 1 is 1.00 bits per heavy atom. The molecule has 0 amide bonds. The average Bonchev–Trinajstić information content (AvgIpc) is 3.40. The van der Waals surface area contributed by atoms with Crippen LogP contribution in [0.15, 0.2) is 54.9 Å². The number of hydrogen-bond donors (Lipinski definition) is 1. The Bertz CT molecular complexity index is 1220. The Balaban J connectivity index is 1.64. The highest BCUT2D eigenvalue weighted by Gasteiger charge is 2.33. The van der Waals surface area contributed by atoms with Crippen molar-refractivity contribution in [1.82, 2.24) is 25.0 Å². The van der Waals surface area contributed by atoms with Gasteiger partial charge in [-0.1, -0.05) is 24.3 Å². The summed E-state index contributed by atoms with van der Waals surface area (Å²) in [6.07, 6.45) is 4.28. The van der Waals surface area contributed by atoms with Gasteiger partial charge in [0.15, 0.2) is 0 Å². The van der Waals surface area contributed by atoms with Crippen LogP contribution in [0.25, 0.3) is 16.7 Å². The third kappa shape index (κ3) is 3.01. The first-order valence-electron chi connectivity index (χ1n) is 9.87. The first-order chi connectivity index (χ1) is 14.0. The smallest absolute Gasteiger partial charge is 0.130 e. The van der Waals surface area contributed by atoms with Gasteiger partial charge >= 0.3 is 0 Å². The maximum Gasteiger partial charge on any atom is 0.130 e. The molecular weight excluding hydrogens is 360 g/mol. The minimum absolute atomic E-state index is 0.103. The molecule has 4 aromatic rings. The number of aryl methyl sites for hydroxylation is 3. The van der Waals surface area contributed by atoms with E-state index in [9.17, 15) is 0 Å². The molecule has 1 saturated heterocycles. The molecule has 5 rings (SSSR count). The zero-order valence-electron chi connectivity index (χ0n) is 17.0. The number of imidazole rings is 1. The van der Waals surface area contributed by atoms with Crippen LogP contribution in [0.4, 0.5) is 5.69 Å². The number of hydrogen-bond acceptors (Lipinski definition) is 4. The minimum Gasteiger partial charge on any atom is -0.355 e. The maximum atomic E-state index is 4.98. The Morgan fingerprint density at radius 3 is 2.59 bits per heavy atom. The molecule has 0 spiro atoms. The summed E-state index contributed by atoms with van der Waals surface area (Å²) in [4.78, 5) is 12.6. The Kier molecular flexibility index (Phi) is 4.01. The topological polar surface area (TPSA) is 62.6 Å². The third-order valence-corrected chi connectivity index (χ3v) is 5.58. The second-order valence-electron chi connectivity index (χ2n) is 8.01. The molecule has 0 saturated carbocycles. The lowest BCUT2D eigenvalue weighted by molar-refractivity contribution is 0.679. The predicted octanol–water partition coefficient (Wildman–Crippen LogP) is 4.58. The van der Waals surface area contributed by atoms with Crippen molar-refractivity contribution >= 4 is 16.7 Å². The normalized spacial score (nSPS) is 16.9. The Hall–Kier alpha value is -3.41. The number of benzene rings is 2. The molecule has 0 bridgehead atoms. The van der Waals surface area contributed by atoms with E-state index < -0.39 is 0 Å². The quantitative estimate of drug-likeness (QED) is 0.525. The van der Waals surface area contributed by atoms with Gasteiger partial charge in [-0.05, 0) is 62.1 Å². The first-order valence-corrected chi connectivity index (χ1v) is 9.87. The van der Waals surface area contributed by atoms with Crippen molar-refractivity contribution in [3.05, 3.63) is 77.4 Å². The van der Waals surface area contributed by atoms with Crippen LogP contribution in [0.3, 0.4) is 0 Å². The molecule has 1 atom stereocenters. The van der Waals surface area contributed by atoms with Crippen molar-refractivity contribution in [1.29, 1.82) is 0 Å². The van der Waals surface area contributed by atoms with Gasteiger partial charge in [-0.2, -0.15) is 10.2 Å². The molecule has 6 heteroatoms. The van der Waals surface area contributed by atoms with Gasteiger partial charge in [0, 0.05) is 6.54 Å². The number of aromatic nitrogens is 5. The van der Waals surface area contributed by atoms with E-state index in [1.165, 1.54) is 22.3 Å². The van der Waals surface area contributed by atoms with Crippen LogP contribution in [0.2, 0.25) is 0 Å². The standard InChI is InChI=1S/C23H24N6/c1-14-5-6-19(29-24-7-8-25-29)20(11-14)28-13-16(3)12-21(28)23-26-18-10-15(2)9-17(4)22(18)27-23/h5-11,21H,3,12-13H2,1-2,4H3,(H,26,27)/t21-/m0/s1. The number of rotatable bonds is 3. The fourth-order valence-corrected chi connectivity index (χ4v) is 4.32. The predicted molar refractivity (Wildman–Crippen MR) is 116 cm³/mol. The number of nitrogens with one attached hydrogen (secondary N) is 1. The number of aromatic amines is 1. The fraction of sp³-hybridized carbons (Fsp3) is 0.261. The molecule has 0 aliphatic carbocycles. The highest BCUT2D eigenvalue weighted by molar-refractivity contribution is 5.80. The van der Waals surface area contributed by atoms with Gasteiger partial charge in [0.1, 0.15) is 11.5 Å². The van der Waals surface area contributed by atoms with Gasteiger partial charge in [0.25, 0.3) is 0 Å². The lowest BCUT2D eigenvalue weighted by Gasteiger charge is -2.27. The summed E-state index contributed by atoms with van der Waals surface area (Å²) in [5.41, 5.74) is 9.02. The molecule has 1 aliphatic rings. The molecule has 6 nitrogen and oxygen atoms in total. The number of nitrogens with zero attached hydrogens (tertiary/aromatic N) is 5. The van der Waals surface area contributed by atoms with Crippen molar-refractivity contribution in [3.63, 3.8) is 0 Å². The van der Waals surface area contributed by atoms with Crippen LogP contribution in [0.5, 0.6) is 0 Å². The van der Waals surface area contributed by atoms with Gasteiger partial charge in [-0.15, -0.1) is 4.80 Å². The van der Waals surface area contributed by atoms with E-state index in [4.69, 9.17) is 4.98 Å². The summed E-state index contributed by atoms with van der Waals surface area (Å²) in [6, 6.07) is 10.8. The van der Waals surface area contributed by atoms with E-state index in [0.29, 0.717) is 0 Å². The highest BCUT2D eigenvalue weighted by Crippen LogP contribution is 2.40. The van der Waals surface area contributed by atoms with E-state index in [1.807, 2.05) is 0 Å². The lowest BCUT2D eigenvalue weighted by atomic mass is 10.1. The second kappa shape index (κ2) is 6.58. The molecule has 0 radical (unpaired) electrons.